The van der Waals surface area contributed by atoms with E-state index in [9.17, 15) is 4.79 Å². The summed E-state index contributed by atoms with van der Waals surface area (Å²) >= 11 is 0. The van der Waals surface area contributed by atoms with E-state index in [1.54, 1.807) is 6.08 Å². The largest absolute Gasteiger partial charge is 0.494 e. The zero-order chi connectivity index (χ0) is 20.3. The van der Waals surface area contributed by atoms with Gasteiger partial charge in [-0.15, -0.1) is 0 Å². The Hall–Kier alpha value is -2.70. The Balaban J connectivity index is 1.33. The number of allylic oxidation sites excluding steroid dienone is 2. The van der Waals surface area contributed by atoms with Crippen molar-refractivity contribution < 1.29 is 19.3 Å². The van der Waals surface area contributed by atoms with Gasteiger partial charge in [-0.05, 0) is 42.2 Å². The lowest BCUT2D eigenvalue weighted by molar-refractivity contribution is -0.366. The number of nitrogens with one attached hydrogen (secondary N) is 1. The number of carbonyl (C=O) groups is 1. The van der Waals surface area contributed by atoms with Crippen molar-refractivity contribution in [3.8, 4) is 5.75 Å². The van der Waals surface area contributed by atoms with E-state index >= 15 is 0 Å². The van der Waals surface area contributed by atoms with Crippen molar-refractivity contribution >= 4 is 23.4 Å². The zero-order valence-corrected chi connectivity index (χ0v) is 17.2. The molecule has 5 rings (SSSR count). The fourth-order valence-electron chi connectivity index (χ4n) is 4.56. The van der Waals surface area contributed by atoms with E-state index in [0.717, 1.165) is 76.7 Å². The van der Waals surface area contributed by atoms with Gasteiger partial charge < -0.3 is 14.4 Å². The maximum absolute atomic E-state index is 11.5. The summed E-state index contributed by atoms with van der Waals surface area (Å²) in [5.74, 6) is 0.851. The van der Waals surface area contributed by atoms with Gasteiger partial charge in [0.1, 0.15) is 5.75 Å². The summed E-state index contributed by atoms with van der Waals surface area (Å²) in [6.07, 6.45) is 9.74. The molecule has 0 spiro atoms. The number of nitrogens with zero attached hydrogens (tertiary/aromatic N) is 2. The van der Waals surface area contributed by atoms with Crippen LogP contribution in [0.1, 0.15) is 24.0 Å². The Labute approximate surface area is 177 Å². The summed E-state index contributed by atoms with van der Waals surface area (Å²) in [5, 5.41) is 0. The molecule has 4 aliphatic rings. The Kier molecular flexibility index (Phi) is 5.51. The lowest BCUT2D eigenvalue weighted by Gasteiger charge is -2.32. The highest BCUT2D eigenvalue weighted by atomic mass is 16.5. The van der Waals surface area contributed by atoms with Crippen LogP contribution in [0.3, 0.4) is 0 Å². The molecular formula is C24H28N3O3+. The SMILES string of the molecule is O=C1C=CC(=C2CN3CCC=C3c3cc(OCCCN4CCOCC4)ccc32)C=[NH+]1. The van der Waals surface area contributed by atoms with Crippen molar-refractivity contribution in [2.45, 2.75) is 12.8 Å². The molecule has 156 valence electrons. The number of rotatable bonds is 5. The van der Waals surface area contributed by atoms with Gasteiger partial charge in [-0.3, -0.25) is 4.90 Å². The number of amides is 1. The maximum Gasteiger partial charge on any atom is 0.410 e. The molecule has 0 bridgehead atoms. The normalized spacial score (nSPS) is 23.4. The minimum atomic E-state index is -0.0713. The van der Waals surface area contributed by atoms with Gasteiger partial charge in [0.05, 0.1) is 25.9 Å². The molecule has 1 amide bonds. The molecule has 1 fully saturated rings. The maximum atomic E-state index is 11.5. The summed E-state index contributed by atoms with van der Waals surface area (Å²) in [5.41, 5.74) is 6.08. The molecule has 0 aliphatic carbocycles. The third kappa shape index (κ3) is 3.98. The molecule has 0 unspecified atom stereocenters. The number of carbonyl (C=O) groups excluding carboxylic acids is 1. The molecule has 0 saturated carbocycles. The van der Waals surface area contributed by atoms with Crippen LogP contribution >= 0.6 is 0 Å². The van der Waals surface area contributed by atoms with Crippen LogP contribution in [0, 0.1) is 0 Å². The summed E-state index contributed by atoms with van der Waals surface area (Å²) in [4.78, 5) is 19.2. The highest BCUT2D eigenvalue weighted by Crippen LogP contribution is 2.40. The van der Waals surface area contributed by atoms with E-state index < -0.39 is 0 Å². The fraction of sp³-hybridized carbons (Fsp3) is 0.417. The average molecular weight is 407 g/mol. The van der Waals surface area contributed by atoms with Gasteiger partial charge in [-0.25, -0.2) is 4.79 Å². The summed E-state index contributed by atoms with van der Waals surface area (Å²) in [6, 6.07) is 6.42. The monoisotopic (exact) mass is 406 g/mol. The molecular weight excluding hydrogens is 378 g/mol. The molecule has 1 aromatic carbocycles. The Morgan fingerprint density at radius 2 is 2.00 bits per heavy atom. The molecule has 4 heterocycles. The Bertz CT molecular complexity index is 936. The van der Waals surface area contributed by atoms with E-state index in [0.29, 0.717) is 0 Å². The third-order valence-corrected chi connectivity index (χ3v) is 6.14. The second-order valence-electron chi connectivity index (χ2n) is 8.08. The number of fused-ring (bicyclic) bond motifs is 3. The summed E-state index contributed by atoms with van der Waals surface area (Å²) in [7, 11) is 0. The van der Waals surface area contributed by atoms with Crippen LogP contribution in [0.2, 0.25) is 0 Å². The van der Waals surface area contributed by atoms with Crippen LogP contribution in [0.4, 0.5) is 0 Å². The first-order valence-electron chi connectivity index (χ1n) is 10.9. The highest BCUT2D eigenvalue weighted by molar-refractivity contribution is 6.01. The van der Waals surface area contributed by atoms with Crippen molar-refractivity contribution in [1.82, 2.24) is 9.80 Å². The molecule has 4 aliphatic heterocycles. The summed E-state index contributed by atoms with van der Waals surface area (Å²) in [6.45, 7) is 7.39. The van der Waals surface area contributed by atoms with Gasteiger partial charge in [-0.1, -0.05) is 12.1 Å². The van der Waals surface area contributed by atoms with Gasteiger partial charge in [0.25, 0.3) is 0 Å². The lowest BCUT2D eigenvalue weighted by Crippen LogP contribution is -2.74. The van der Waals surface area contributed by atoms with E-state index in [1.165, 1.54) is 22.4 Å². The Morgan fingerprint density at radius 1 is 1.10 bits per heavy atom. The predicted molar refractivity (Wildman–Crippen MR) is 116 cm³/mol. The van der Waals surface area contributed by atoms with Crippen molar-refractivity contribution in [2.24, 2.45) is 0 Å². The standard InChI is InChI=1S/C24H27N3O3/c28-24-7-4-18(16-25-24)22-17-27-9-1-3-23(27)21-15-19(5-6-20(21)22)30-12-2-8-26-10-13-29-14-11-26/h3-7,15-16H,1-2,8-14,17H2/p+1. The second-order valence-corrected chi connectivity index (χ2v) is 8.08. The molecule has 6 nitrogen and oxygen atoms in total. The van der Waals surface area contributed by atoms with Gasteiger partial charge in [0.2, 0.25) is 0 Å². The van der Waals surface area contributed by atoms with Crippen molar-refractivity contribution in [3.05, 3.63) is 53.1 Å². The predicted octanol–water partition coefficient (Wildman–Crippen LogP) is 0.849. The van der Waals surface area contributed by atoms with E-state index in [4.69, 9.17) is 9.47 Å². The van der Waals surface area contributed by atoms with Crippen LogP contribution in [-0.4, -0.2) is 74.5 Å². The minimum Gasteiger partial charge on any atom is -0.494 e. The first-order chi connectivity index (χ1) is 14.8. The number of hydrogen-bond acceptors (Lipinski definition) is 5. The van der Waals surface area contributed by atoms with Crippen LogP contribution in [0.25, 0.3) is 11.3 Å². The molecule has 1 aromatic rings. The second kappa shape index (κ2) is 8.58. The number of hydrogen-bond donors (Lipinski definition) is 1. The highest BCUT2D eigenvalue weighted by Gasteiger charge is 2.29. The van der Waals surface area contributed by atoms with Gasteiger partial charge >= 0.3 is 5.91 Å². The van der Waals surface area contributed by atoms with Gasteiger partial charge in [0, 0.05) is 49.6 Å². The quantitative estimate of drug-likeness (QED) is 0.735. The van der Waals surface area contributed by atoms with Crippen LogP contribution < -0.4 is 9.73 Å². The van der Waals surface area contributed by atoms with Crippen LogP contribution in [0.15, 0.2) is 42.0 Å². The van der Waals surface area contributed by atoms with E-state index in [-0.39, 0.29) is 5.91 Å². The molecule has 6 heteroatoms. The lowest BCUT2D eigenvalue weighted by atomic mass is 9.89. The van der Waals surface area contributed by atoms with Crippen molar-refractivity contribution in [3.63, 3.8) is 0 Å². The first-order valence-corrected chi connectivity index (χ1v) is 10.9. The zero-order valence-electron chi connectivity index (χ0n) is 17.2. The first kappa shape index (κ1) is 19.3. The topological polar surface area (TPSA) is 56.0 Å². The number of ether oxygens (including phenoxy) is 2. The number of benzene rings is 1. The smallest absolute Gasteiger partial charge is 0.410 e. The van der Waals surface area contributed by atoms with Gasteiger partial charge in [0.15, 0.2) is 6.21 Å². The molecule has 30 heavy (non-hydrogen) atoms. The van der Waals surface area contributed by atoms with Crippen molar-refractivity contribution in [2.75, 3.05) is 52.5 Å². The van der Waals surface area contributed by atoms with E-state index in [1.807, 2.05) is 12.3 Å². The molecule has 0 radical (unpaired) electrons. The molecule has 0 aromatic heterocycles. The fourth-order valence-corrected chi connectivity index (χ4v) is 4.56. The molecule has 1 N–H and O–H groups in total. The minimum absolute atomic E-state index is 0.0713. The Morgan fingerprint density at radius 3 is 2.83 bits per heavy atom. The van der Waals surface area contributed by atoms with Crippen LogP contribution in [0.5, 0.6) is 5.75 Å². The van der Waals surface area contributed by atoms with Crippen LogP contribution in [-0.2, 0) is 9.53 Å². The van der Waals surface area contributed by atoms with Crippen molar-refractivity contribution in [1.29, 1.82) is 0 Å². The number of morpholine rings is 1. The summed E-state index contributed by atoms with van der Waals surface area (Å²) < 4.78 is 11.5. The average Bonchev–Trinajstić information content (AvgIpc) is 3.26. The molecule has 1 saturated heterocycles. The van der Waals surface area contributed by atoms with Gasteiger partial charge in [-0.2, -0.15) is 4.99 Å². The van der Waals surface area contributed by atoms with E-state index in [2.05, 4.69) is 39.1 Å². The third-order valence-electron chi connectivity index (χ3n) is 6.14. The molecule has 0 atom stereocenters.